The van der Waals surface area contributed by atoms with Crippen molar-refractivity contribution in [1.82, 2.24) is 25.1 Å². The number of amides is 1. The Morgan fingerprint density at radius 1 is 1.43 bits per heavy atom. The Bertz CT molecular complexity index is 695. The Labute approximate surface area is 122 Å². The number of nitrogens with zero attached hydrogens (tertiary/aromatic N) is 3. The molecule has 112 valence electrons. The molecule has 0 aliphatic carbocycles. The van der Waals surface area contributed by atoms with E-state index in [-0.39, 0.29) is 17.9 Å². The van der Waals surface area contributed by atoms with Crippen LogP contribution in [0.1, 0.15) is 32.0 Å². The van der Waals surface area contributed by atoms with Crippen LogP contribution in [0.4, 0.5) is 0 Å². The molecule has 0 saturated heterocycles. The normalized spacial score (nSPS) is 11.4. The largest absolute Gasteiger partial charge is 0.351 e. The van der Waals surface area contributed by atoms with E-state index in [4.69, 9.17) is 0 Å². The fourth-order valence-electron chi connectivity index (χ4n) is 1.82. The molecule has 0 spiro atoms. The van der Waals surface area contributed by atoms with Gasteiger partial charge in [0.25, 0.3) is 0 Å². The van der Waals surface area contributed by atoms with Crippen molar-refractivity contribution in [3.63, 3.8) is 0 Å². The molecule has 0 radical (unpaired) electrons. The van der Waals surface area contributed by atoms with Crippen LogP contribution in [0.15, 0.2) is 23.5 Å². The number of aromatic amines is 1. The molecule has 2 N–H and O–H groups in total. The van der Waals surface area contributed by atoms with E-state index < -0.39 is 5.41 Å². The van der Waals surface area contributed by atoms with E-state index in [1.54, 1.807) is 6.92 Å². The molecule has 0 saturated carbocycles. The van der Waals surface area contributed by atoms with Crippen molar-refractivity contribution >= 4 is 5.91 Å². The zero-order valence-corrected chi connectivity index (χ0v) is 12.6. The average Bonchev–Trinajstić information content (AvgIpc) is 2.89. The Morgan fingerprint density at radius 3 is 2.71 bits per heavy atom. The van der Waals surface area contributed by atoms with Crippen molar-refractivity contribution in [2.75, 3.05) is 0 Å². The fourth-order valence-corrected chi connectivity index (χ4v) is 1.82. The molecule has 0 aromatic carbocycles. The highest BCUT2D eigenvalue weighted by atomic mass is 16.2. The first-order valence-electron chi connectivity index (χ1n) is 6.65. The Morgan fingerprint density at radius 2 is 2.14 bits per heavy atom. The smallest absolute Gasteiger partial charge is 0.225 e. The summed E-state index contributed by atoms with van der Waals surface area (Å²) in [6, 6.07) is 1.50. The minimum atomic E-state index is -0.509. The minimum Gasteiger partial charge on any atom is -0.351 e. The molecule has 0 aliphatic heterocycles. The van der Waals surface area contributed by atoms with Crippen molar-refractivity contribution in [1.29, 1.82) is 0 Å². The van der Waals surface area contributed by atoms with E-state index in [0.29, 0.717) is 11.4 Å². The molecule has 2 aromatic rings. The van der Waals surface area contributed by atoms with E-state index in [0.717, 1.165) is 5.69 Å². The van der Waals surface area contributed by atoms with Gasteiger partial charge in [0.15, 0.2) is 5.43 Å². The van der Waals surface area contributed by atoms with Gasteiger partial charge in [-0.15, -0.1) is 0 Å². The van der Waals surface area contributed by atoms with Gasteiger partial charge in [-0.25, -0.2) is 9.67 Å². The van der Waals surface area contributed by atoms with Crippen LogP contribution >= 0.6 is 0 Å². The number of pyridine rings is 1. The van der Waals surface area contributed by atoms with Crippen LogP contribution in [0, 0.1) is 12.3 Å². The number of hydrogen-bond donors (Lipinski definition) is 2. The Kier molecular flexibility index (Phi) is 3.93. The van der Waals surface area contributed by atoms with Crippen molar-refractivity contribution in [2.45, 2.75) is 34.2 Å². The van der Waals surface area contributed by atoms with Crippen molar-refractivity contribution in [2.24, 2.45) is 5.41 Å². The first-order valence-corrected chi connectivity index (χ1v) is 6.65. The summed E-state index contributed by atoms with van der Waals surface area (Å²) in [6.07, 6.45) is 2.89. The highest BCUT2D eigenvalue weighted by molar-refractivity contribution is 5.81. The molecule has 21 heavy (non-hydrogen) atoms. The monoisotopic (exact) mass is 289 g/mol. The Hall–Kier alpha value is -2.44. The van der Waals surface area contributed by atoms with Crippen LogP contribution in [0.2, 0.25) is 0 Å². The van der Waals surface area contributed by atoms with Crippen LogP contribution in [-0.4, -0.2) is 25.7 Å². The topological polar surface area (TPSA) is 92.7 Å². The summed E-state index contributed by atoms with van der Waals surface area (Å²) in [7, 11) is 0. The lowest BCUT2D eigenvalue weighted by atomic mass is 9.95. The number of H-pyrrole nitrogens is 1. The van der Waals surface area contributed by atoms with E-state index in [1.165, 1.54) is 23.4 Å². The van der Waals surface area contributed by atoms with Gasteiger partial charge in [0.05, 0.1) is 12.1 Å². The average molecular weight is 289 g/mol. The van der Waals surface area contributed by atoms with Gasteiger partial charge >= 0.3 is 0 Å². The molecule has 7 heteroatoms. The molecule has 2 aromatic heterocycles. The van der Waals surface area contributed by atoms with Gasteiger partial charge in [-0.05, 0) is 6.92 Å². The molecule has 0 fully saturated rings. The lowest BCUT2D eigenvalue weighted by Gasteiger charge is -2.18. The number of carbonyl (C=O) groups excluding carboxylic acids is 1. The molecule has 7 nitrogen and oxygen atoms in total. The first-order chi connectivity index (χ1) is 9.79. The molecule has 0 aliphatic rings. The second-order valence-corrected chi connectivity index (χ2v) is 5.92. The van der Waals surface area contributed by atoms with Gasteiger partial charge in [-0.2, -0.15) is 5.10 Å². The maximum Gasteiger partial charge on any atom is 0.225 e. The van der Waals surface area contributed by atoms with E-state index >= 15 is 0 Å². The van der Waals surface area contributed by atoms with Crippen LogP contribution in [0.5, 0.6) is 0 Å². The van der Waals surface area contributed by atoms with Crippen molar-refractivity contribution in [3.8, 4) is 5.82 Å². The molecular weight excluding hydrogens is 270 g/mol. The first kappa shape index (κ1) is 15.0. The highest BCUT2D eigenvalue weighted by Crippen LogP contribution is 2.13. The molecule has 2 rings (SSSR count). The molecule has 1 amide bonds. The standard InChI is InChI=1S/C14H19N5O2/c1-9-5-11(20)10(6-16-13(21)14(2,3)4)12(18-9)19-8-15-7-17-19/h5,7-8H,6H2,1-4H3,(H,16,21)(H,18,20). The van der Waals surface area contributed by atoms with Crippen molar-refractivity contribution < 1.29 is 4.79 Å². The van der Waals surface area contributed by atoms with Gasteiger partial charge in [-0.1, -0.05) is 20.8 Å². The third-order valence-corrected chi connectivity index (χ3v) is 3.00. The number of carbonyl (C=O) groups is 1. The molecule has 0 bridgehead atoms. The third-order valence-electron chi connectivity index (χ3n) is 3.00. The lowest BCUT2D eigenvalue weighted by molar-refractivity contribution is -0.128. The minimum absolute atomic E-state index is 0.119. The van der Waals surface area contributed by atoms with Crippen LogP contribution in [-0.2, 0) is 11.3 Å². The predicted molar refractivity (Wildman–Crippen MR) is 78.0 cm³/mol. The van der Waals surface area contributed by atoms with Crippen LogP contribution < -0.4 is 10.7 Å². The molecular formula is C14H19N5O2. The summed E-state index contributed by atoms with van der Waals surface area (Å²) in [5.41, 5.74) is 0.510. The molecule has 2 heterocycles. The second kappa shape index (κ2) is 5.51. The zero-order valence-electron chi connectivity index (χ0n) is 12.6. The van der Waals surface area contributed by atoms with Crippen LogP contribution in [0.3, 0.4) is 0 Å². The number of nitrogens with one attached hydrogen (secondary N) is 2. The number of rotatable bonds is 3. The van der Waals surface area contributed by atoms with E-state index in [1.807, 2.05) is 20.8 Å². The third kappa shape index (κ3) is 3.36. The predicted octanol–water partition coefficient (Wildman–Crippen LogP) is 0.926. The summed E-state index contributed by atoms with van der Waals surface area (Å²) < 4.78 is 1.48. The highest BCUT2D eigenvalue weighted by Gasteiger charge is 2.22. The zero-order chi connectivity index (χ0) is 15.6. The maximum absolute atomic E-state index is 12.2. The summed E-state index contributed by atoms with van der Waals surface area (Å²) in [5, 5.41) is 6.81. The van der Waals surface area contributed by atoms with Gasteiger partial charge in [0, 0.05) is 17.2 Å². The number of aryl methyl sites for hydroxylation is 1. The molecule has 0 atom stereocenters. The number of hydrogen-bond acceptors (Lipinski definition) is 4. The summed E-state index contributed by atoms with van der Waals surface area (Å²) in [6.45, 7) is 7.39. The summed E-state index contributed by atoms with van der Waals surface area (Å²) >= 11 is 0. The van der Waals surface area contributed by atoms with Crippen LogP contribution in [0.25, 0.3) is 5.82 Å². The van der Waals surface area contributed by atoms with Gasteiger partial charge in [0.2, 0.25) is 5.91 Å². The quantitative estimate of drug-likeness (QED) is 0.879. The SMILES string of the molecule is Cc1cc(=O)c(CNC(=O)C(C)(C)C)c(-n2cncn2)[nH]1. The maximum atomic E-state index is 12.2. The number of aromatic nitrogens is 4. The fraction of sp³-hybridized carbons (Fsp3) is 0.429. The van der Waals surface area contributed by atoms with Gasteiger partial charge < -0.3 is 10.3 Å². The van der Waals surface area contributed by atoms with Gasteiger partial charge in [-0.3, -0.25) is 9.59 Å². The Balaban J connectivity index is 2.35. The summed E-state index contributed by atoms with van der Waals surface area (Å²) in [5.74, 6) is 0.402. The lowest BCUT2D eigenvalue weighted by Crippen LogP contribution is -2.36. The summed E-state index contributed by atoms with van der Waals surface area (Å²) in [4.78, 5) is 31.1. The van der Waals surface area contributed by atoms with E-state index in [9.17, 15) is 9.59 Å². The second-order valence-electron chi connectivity index (χ2n) is 5.92. The van der Waals surface area contributed by atoms with Crippen molar-refractivity contribution in [3.05, 3.63) is 40.2 Å². The van der Waals surface area contributed by atoms with E-state index in [2.05, 4.69) is 20.4 Å². The molecule has 0 unspecified atom stereocenters. The van der Waals surface area contributed by atoms with Gasteiger partial charge in [0.1, 0.15) is 18.5 Å².